The van der Waals surface area contributed by atoms with Gasteiger partial charge in [0.1, 0.15) is 0 Å². The number of hydrogen-bond donors (Lipinski definition) is 2. The quantitative estimate of drug-likeness (QED) is 0.522. The van der Waals surface area contributed by atoms with Gasteiger partial charge in [-0.3, -0.25) is 4.79 Å². The summed E-state index contributed by atoms with van der Waals surface area (Å²) in [4.78, 5) is 19.9. The molecule has 0 radical (unpaired) electrons. The zero-order valence-corrected chi connectivity index (χ0v) is 4.85. The molecule has 10 heavy (non-hydrogen) atoms. The minimum Gasteiger partial charge on any atom is -0.329 e. The van der Waals surface area contributed by atoms with Crippen molar-refractivity contribution < 1.29 is 2.82 Å². The van der Waals surface area contributed by atoms with Crippen LogP contribution in [0.4, 0.5) is 0 Å². The van der Waals surface area contributed by atoms with E-state index in [1.54, 1.807) is 0 Å². The predicted molar refractivity (Wildman–Crippen MR) is 34.5 cm³/mol. The first-order valence-corrected chi connectivity index (χ1v) is 2.63. The maximum Gasteiger partial charge on any atom is 0.278 e. The highest BCUT2D eigenvalue weighted by Crippen LogP contribution is 1.94. The monoisotopic (exact) mass is 138 g/mol. The number of aromatic amines is 2. The van der Waals surface area contributed by atoms with Crippen LogP contribution < -0.4 is 5.56 Å². The fraction of sp³-hybridized carbons (Fsp3) is 0. The third-order valence-electron chi connectivity index (χ3n) is 1.14. The van der Waals surface area contributed by atoms with E-state index in [1.807, 2.05) is 0 Å². The number of H-pyrrole nitrogens is 2. The van der Waals surface area contributed by atoms with Crippen molar-refractivity contribution in [2.45, 2.75) is 0 Å². The third kappa shape index (κ3) is 0.540. The van der Waals surface area contributed by atoms with E-state index in [0.29, 0.717) is 4.98 Å². The minimum atomic E-state index is -0.564. The van der Waals surface area contributed by atoms with E-state index in [4.69, 9.17) is 2.82 Å². The lowest BCUT2D eigenvalue weighted by Crippen LogP contribution is -2.05. The molecule has 0 spiro atoms. The predicted octanol–water partition coefficient (Wildman–Crippen LogP) is -0.354. The highest BCUT2D eigenvalue weighted by Gasteiger charge is 1.97. The molecule has 50 valence electrons. The second-order valence-electron chi connectivity index (χ2n) is 1.72. The Morgan fingerprint density at radius 3 is 3.10 bits per heavy atom. The van der Waals surface area contributed by atoms with Crippen LogP contribution in [0.3, 0.4) is 0 Å². The van der Waals surface area contributed by atoms with Gasteiger partial charge in [-0.2, -0.15) is 0 Å². The van der Waals surface area contributed by atoms with Crippen LogP contribution in [0.2, 0.25) is 2.82 Å². The summed E-state index contributed by atoms with van der Waals surface area (Å²) in [5.74, 6) is 0. The van der Waals surface area contributed by atoms with Crippen molar-refractivity contribution in [3.63, 3.8) is 0 Å². The summed E-state index contributed by atoms with van der Waals surface area (Å²) >= 11 is 0. The normalized spacial score (nSPS) is 13.2. The largest absolute Gasteiger partial charge is 0.329 e. The highest BCUT2D eigenvalue weighted by molar-refractivity contribution is 5.67. The molecule has 0 aliphatic rings. The van der Waals surface area contributed by atoms with Crippen molar-refractivity contribution in [3.05, 3.63) is 23.0 Å². The van der Waals surface area contributed by atoms with Crippen LogP contribution in [-0.4, -0.2) is 19.9 Å². The molecular formula is C5H4N4O. The average molecular weight is 138 g/mol. The van der Waals surface area contributed by atoms with E-state index < -0.39 is 5.56 Å². The summed E-state index contributed by atoms with van der Waals surface area (Å²) in [5, 5.41) is 0. The summed E-state index contributed by atoms with van der Waals surface area (Å²) in [6, 6.07) is 0. The lowest BCUT2D eigenvalue weighted by atomic mass is 10.6. The van der Waals surface area contributed by atoms with E-state index in [2.05, 4.69) is 9.97 Å². The zero-order chi connectivity index (χ0) is 8.72. The van der Waals surface area contributed by atoms with Gasteiger partial charge in [0.15, 0.2) is 14.0 Å². The molecule has 0 aliphatic carbocycles. The summed E-state index contributed by atoms with van der Waals surface area (Å²) in [5.41, 5.74) is -0.350. The molecule has 0 aliphatic heterocycles. The van der Waals surface area contributed by atoms with Gasteiger partial charge in [-0.05, 0) is 0 Å². The van der Waals surface area contributed by atoms with Crippen LogP contribution in [0, 0.1) is 0 Å². The van der Waals surface area contributed by atoms with E-state index in [1.165, 1.54) is 6.33 Å². The maximum atomic E-state index is 11.1. The zero-order valence-electron chi connectivity index (χ0n) is 6.85. The van der Waals surface area contributed by atoms with Crippen LogP contribution in [0.25, 0.3) is 11.2 Å². The Balaban J connectivity index is 3.03. The molecule has 0 saturated heterocycles. The molecule has 0 saturated carbocycles. The van der Waals surface area contributed by atoms with Gasteiger partial charge in [-0.25, -0.2) is 9.97 Å². The maximum absolute atomic E-state index is 11.1. The van der Waals surface area contributed by atoms with Gasteiger partial charge < -0.3 is 9.95 Å². The summed E-state index contributed by atoms with van der Waals surface area (Å²) in [7, 11) is 0. The Labute approximate surface area is 58.1 Å². The number of fused-ring (bicyclic) bond motifs is 1. The fourth-order valence-electron chi connectivity index (χ4n) is 0.703. The molecule has 2 aromatic heterocycles. The molecule has 2 rings (SSSR count). The van der Waals surface area contributed by atoms with E-state index in [-0.39, 0.29) is 11.2 Å². The molecule has 2 aromatic rings. The standard InChI is InChI=1S/C5H4N4O/c10-5-3-4(7-1-6-3)8-2-9-5/h1-2H,(H2,6,7,8,9,10)/i/hD2. The minimum absolute atomic E-state index is 0.0440. The second kappa shape index (κ2) is 1.66. The van der Waals surface area contributed by atoms with E-state index in [0.717, 1.165) is 11.3 Å². The number of nitrogens with zero attached hydrogens (tertiary/aromatic N) is 2. The number of hydrogen-bond acceptors (Lipinski definition) is 3. The van der Waals surface area contributed by atoms with Gasteiger partial charge >= 0.3 is 0 Å². The van der Waals surface area contributed by atoms with Gasteiger partial charge in [0, 0.05) is 0 Å². The molecule has 0 fully saturated rings. The van der Waals surface area contributed by atoms with E-state index in [9.17, 15) is 4.79 Å². The molecule has 0 amide bonds. The Hall–Kier alpha value is -1.65. The lowest BCUT2D eigenvalue weighted by Gasteiger charge is -1.81. The molecule has 5 nitrogen and oxygen atoms in total. The molecule has 5 heteroatoms. The van der Waals surface area contributed by atoms with Crippen LogP contribution in [0.5, 0.6) is 0 Å². The fourth-order valence-corrected chi connectivity index (χ4v) is 0.703. The van der Waals surface area contributed by atoms with Gasteiger partial charge in [-0.1, -0.05) is 0 Å². The van der Waals surface area contributed by atoms with Crippen LogP contribution in [0.1, 0.15) is 0 Å². The van der Waals surface area contributed by atoms with Gasteiger partial charge in [-0.15, -0.1) is 0 Å². The van der Waals surface area contributed by atoms with Crippen molar-refractivity contribution in [1.29, 1.82) is 0 Å². The van der Waals surface area contributed by atoms with Crippen molar-refractivity contribution in [1.82, 2.24) is 19.9 Å². The summed E-state index contributed by atoms with van der Waals surface area (Å²) in [6.45, 7) is 0. The third-order valence-corrected chi connectivity index (χ3v) is 1.14. The van der Waals surface area contributed by atoms with Gasteiger partial charge in [0.2, 0.25) is 0 Å². The average Bonchev–Trinajstić information content (AvgIpc) is 2.41. The highest BCUT2D eigenvalue weighted by atomic mass is 16.1. The number of aromatic nitrogens is 4. The van der Waals surface area contributed by atoms with Crippen molar-refractivity contribution >= 4 is 11.2 Å². The molecular weight excluding hydrogens is 132 g/mol. The number of nitrogens with one attached hydrogen (secondary N) is 2. The molecule has 0 unspecified atom stereocenters. The van der Waals surface area contributed by atoms with Gasteiger partial charge in [0.05, 0.1) is 12.7 Å². The molecule has 2 N–H and O–H groups in total. The lowest BCUT2D eigenvalue weighted by molar-refractivity contribution is 1.15. The van der Waals surface area contributed by atoms with Crippen molar-refractivity contribution in [3.8, 4) is 0 Å². The van der Waals surface area contributed by atoms with Crippen LogP contribution >= 0.6 is 0 Å². The number of rotatable bonds is 0. The summed E-state index contributed by atoms with van der Waals surface area (Å²) in [6.07, 6.45) is 2.20. The first-order chi connectivity index (χ1) is 5.70. The topological polar surface area (TPSA) is 74.4 Å². The Bertz CT molecular complexity index is 488. The van der Waals surface area contributed by atoms with Crippen LogP contribution in [0.15, 0.2) is 17.4 Å². The van der Waals surface area contributed by atoms with E-state index >= 15 is 0 Å². The Morgan fingerprint density at radius 1 is 1.40 bits per heavy atom. The molecule has 0 bridgehead atoms. The SMILES string of the molecule is [2H]n1cnc2c(ncn2[2H])c1=O. The molecule has 0 aromatic carbocycles. The smallest absolute Gasteiger partial charge is 0.278 e. The van der Waals surface area contributed by atoms with Crippen molar-refractivity contribution in [2.75, 3.05) is 0 Å². The Morgan fingerprint density at radius 2 is 2.20 bits per heavy atom. The molecule has 2 heterocycles. The number of imidazole rings is 1. The first kappa shape index (κ1) is 3.50. The summed E-state index contributed by atoms with van der Waals surface area (Å²) < 4.78 is 14.2. The van der Waals surface area contributed by atoms with Crippen molar-refractivity contribution in [2.24, 2.45) is 0 Å². The van der Waals surface area contributed by atoms with Crippen LogP contribution in [-0.2, 0) is 0 Å². The molecule has 0 atom stereocenters. The first-order valence-electron chi connectivity index (χ1n) is 3.53. The Kier molecular flexibility index (Phi) is 0.582. The van der Waals surface area contributed by atoms with Gasteiger partial charge in [0.25, 0.3) is 5.56 Å². The second-order valence-corrected chi connectivity index (χ2v) is 1.72.